The van der Waals surface area contributed by atoms with Crippen LogP contribution in [0.2, 0.25) is 0 Å². The fraction of sp³-hybridized carbons (Fsp3) is 0. The molecule has 0 N–H and O–H groups in total. The van der Waals surface area contributed by atoms with E-state index in [2.05, 4.69) is 4.98 Å². The smallest absolute Gasteiger partial charge is 0.344 e. The van der Waals surface area contributed by atoms with E-state index in [4.69, 9.17) is 4.42 Å². The van der Waals surface area contributed by atoms with Gasteiger partial charge in [-0.1, -0.05) is 30.3 Å². The molecule has 0 unspecified atom stereocenters. The first-order valence-corrected chi connectivity index (χ1v) is 6.74. The summed E-state index contributed by atoms with van der Waals surface area (Å²) in [7, 11) is 0. The summed E-state index contributed by atoms with van der Waals surface area (Å²) in [6.45, 7) is 0. The van der Waals surface area contributed by atoms with Crippen molar-refractivity contribution in [3.8, 4) is 0 Å². The van der Waals surface area contributed by atoms with Gasteiger partial charge < -0.3 is 4.42 Å². The Hall–Kier alpha value is -3.21. The molecular formula is C17H10N2O3. The molecular weight excluding hydrogens is 280 g/mol. The van der Waals surface area contributed by atoms with Gasteiger partial charge in [-0.25, -0.2) is 9.78 Å². The predicted octanol–water partition coefficient (Wildman–Crippen LogP) is 2.83. The normalized spacial score (nSPS) is 11.1. The van der Waals surface area contributed by atoms with Crippen molar-refractivity contribution in [3.05, 3.63) is 77.1 Å². The molecule has 0 fully saturated rings. The molecule has 0 bridgehead atoms. The molecule has 0 amide bonds. The number of hydrogen-bond acceptors (Lipinski definition) is 4. The van der Waals surface area contributed by atoms with Crippen LogP contribution in [0, 0.1) is 0 Å². The highest BCUT2D eigenvalue weighted by molar-refractivity contribution is 6.01. The lowest BCUT2D eigenvalue weighted by atomic mass is 10.1. The first kappa shape index (κ1) is 12.5. The second-order valence-corrected chi connectivity index (χ2v) is 4.89. The lowest BCUT2D eigenvalue weighted by Gasteiger charge is -2.03. The summed E-state index contributed by atoms with van der Waals surface area (Å²) in [5, 5.41) is 1.13. The SMILES string of the molecule is O=C(c1cc2ccccc2c(=O)o1)n1cnc2ccccc21. The number of rotatable bonds is 1. The van der Waals surface area contributed by atoms with Crippen LogP contribution < -0.4 is 5.63 Å². The van der Waals surface area contributed by atoms with E-state index in [1.807, 2.05) is 24.3 Å². The van der Waals surface area contributed by atoms with Gasteiger partial charge in [-0.2, -0.15) is 0 Å². The summed E-state index contributed by atoms with van der Waals surface area (Å²) >= 11 is 0. The van der Waals surface area contributed by atoms with Crippen molar-refractivity contribution < 1.29 is 9.21 Å². The number of nitrogens with zero attached hydrogens (tertiary/aromatic N) is 2. The first-order chi connectivity index (χ1) is 10.7. The van der Waals surface area contributed by atoms with Crippen molar-refractivity contribution >= 4 is 27.7 Å². The van der Waals surface area contributed by atoms with Crippen LogP contribution in [-0.2, 0) is 0 Å². The Morgan fingerprint density at radius 1 is 1.05 bits per heavy atom. The number of imidazole rings is 1. The van der Waals surface area contributed by atoms with Crippen molar-refractivity contribution in [2.24, 2.45) is 0 Å². The van der Waals surface area contributed by atoms with E-state index in [0.717, 1.165) is 0 Å². The molecule has 22 heavy (non-hydrogen) atoms. The number of benzene rings is 2. The lowest BCUT2D eigenvalue weighted by molar-refractivity contribution is 0.0933. The Bertz CT molecular complexity index is 1080. The minimum absolute atomic E-state index is 0.00754. The highest BCUT2D eigenvalue weighted by Crippen LogP contribution is 2.16. The van der Waals surface area contributed by atoms with E-state index in [-0.39, 0.29) is 5.76 Å². The van der Waals surface area contributed by atoms with Crippen LogP contribution >= 0.6 is 0 Å². The number of fused-ring (bicyclic) bond motifs is 2. The van der Waals surface area contributed by atoms with Crippen molar-refractivity contribution in [1.29, 1.82) is 0 Å². The van der Waals surface area contributed by atoms with E-state index in [1.54, 1.807) is 30.3 Å². The summed E-state index contributed by atoms with van der Waals surface area (Å²) in [5.74, 6) is -0.427. The summed E-state index contributed by atoms with van der Waals surface area (Å²) < 4.78 is 6.55. The topological polar surface area (TPSA) is 65.1 Å². The lowest BCUT2D eigenvalue weighted by Crippen LogP contribution is -2.14. The van der Waals surface area contributed by atoms with Crippen molar-refractivity contribution in [3.63, 3.8) is 0 Å². The number of aromatic nitrogens is 2. The standard InChI is InChI=1S/C17H10N2O3/c20-16(19-10-18-13-7-3-4-8-14(13)19)15-9-11-5-1-2-6-12(11)17(21)22-15/h1-10H. The second kappa shape index (κ2) is 4.66. The molecule has 2 aromatic heterocycles. The zero-order valence-electron chi connectivity index (χ0n) is 11.4. The fourth-order valence-electron chi connectivity index (χ4n) is 2.48. The van der Waals surface area contributed by atoms with Gasteiger partial charge in [0.1, 0.15) is 6.33 Å². The molecule has 0 atom stereocenters. The summed E-state index contributed by atoms with van der Waals surface area (Å²) in [6.07, 6.45) is 1.43. The molecule has 0 spiro atoms. The van der Waals surface area contributed by atoms with Gasteiger partial charge in [-0.05, 0) is 29.7 Å². The van der Waals surface area contributed by atoms with Crippen LogP contribution in [0.15, 0.2) is 70.1 Å². The predicted molar refractivity (Wildman–Crippen MR) is 81.9 cm³/mol. The fourth-order valence-corrected chi connectivity index (χ4v) is 2.48. The van der Waals surface area contributed by atoms with Gasteiger partial charge in [0.2, 0.25) is 0 Å². The third-order valence-corrected chi connectivity index (χ3v) is 3.55. The number of para-hydroxylation sites is 2. The number of carbonyl (C=O) groups excluding carboxylic acids is 1. The van der Waals surface area contributed by atoms with Crippen LogP contribution in [0.1, 0.15) is 10.6 Å². The molecule has 2 aromatic carbocycles. The van der Waals surface area contributed by atoms with Crippen LogP contribution in [-0.4, -0.2) is 15.5 Å². The highest BCUT2D eigenvalue weighted by Gasteiger charge is 2.16. The summed E-state index contributed by atoms with van der Waals surface area (Å²) in [6, 6.07) is 15.9. The van der Waals surface area contributed by atoms with Gasteiger partial charge in [0.05, 0.1) is 16.4 Å². The molecule has 4 rings (SSSR count). The number of hydrogen-bond donors (Lipinski definition) is 0. The molecule has 0 saturated carbocycles. The highest BCUT2D eigenvalue weighted by atomic mass is 16.4. The van der Waals surface area contributed by atoms with Crippen LogP contribution in [0.25, 0.3) is 21.8 Å². The van der Waals surface area contributed by atoms with E-state index < -0.39 is 11.5 Å². The Kier molecular flexibility index (Phi) is 2.66. The minimum atomic E-state index is -0.522. The molecule has 0 saturated heterocycles. The van der Waals surface area contributed by atoms with Gasteiger partial charge in [-0.3, -0.25) is 9.36 Å². The van der Waals surface area contributed by atoms with Crippen LogP contribution in [0.4, 0.5) is 0 Å². The van der Waals surface area contributed by atoms with Gasteiger partial charge in [0.25, 0.3) is 5.91 Å². The Labute approximate surface area is 124 Å². The van der Waals surface area contributed by atoms with Crippen molar-refractivity contribution in [2.75, 3.05) is 0 Å². The average Bonchev–Trinajstić information content (AvgIpc) is 2.98. The molecule has 5 heteroatoms. The van der Waals surface area contributed by atoms with E-state index in [9.17, 15) is 9.59 Å². The van der Waals surface area contributed by atoms with Gasteiger partial charge in [0.15, 0.2) is 5.76 Å². The molecule has 4 aromatic rings. The molecule has 0 radical (unpaired) electrons. The second-order valence-electron chi connectivity index (χ2n) is 4.89. The Morgan fingerprint density at radius 2 is 1.82 bits per heavy atom. The molecule has 2 heterocycles. The maximum absolute atomic E-state index is 12.6. The summed E-state index contributed by atoms with van der Waals surface area (Å²) in [5.41, 5.74) is 0.855. The zero-order valence-corrected chi connectivity index (χ0v) is 11.4. The van der Waals surface area contributed by atoms with E-state index >= 15 is 0 Å². The molecule has 5 nitrogen and oxygen atoms in total. The summed E-state index contributed by atoms with van der Waals surface area (Å²) in [4.78, 5) is 28.8. The maximum atomic E-state index is 12.6. The monoisotopic (exact) mass is 290 g/mol. The average molecular weight is 290 g/mol. The minimum Gasteiger partial charge on any atom is -0.417 e. The van der Waals surface area contributed by atoms with Crippen LogP contribution in [0.5, 0.6) is 0 Å². The van der Waals surface area contributed by atoms with Gasteiger partial charge in [-0.15, -0.1) is 0 Å². The van der Waals surface area contributed by atoms with Crippen molar-refractivity contribution in [1.82, 2.24) is 9.55 Å². The zero-order chi connectivity index (χ0) is 15.1. The Morgan fingerprint density at radius 3 is 2.73 bits per heavy atom. The molecule has 0 aliphatic rings. The van der Waals surface area contributed by atoms with Crippen LogP contribution in [0.3, 0.4) is 0 Å². The third-order valence-electron chi connectivity index (χ3n) is 3.55. The molecule has 106 valence electrons. The largest absolute Gasteiger partial charge is 0.417 e. The van der Waals surface area contributed by atoms with Gasteiger partial charge in [0, 0.05) is 0 Å². The van der Waals surface area contributed by atoms with E-state index in [1.165, 1.54) is 10.9 Å². The Balaban J connectivity index is 1.91. The molecule has 0 aliphatic heterocycles. The van der Waals surface area contributed by atoms with E-state index in [0.29, 0.717) is 21.8 Å². The maximum Gasteiger partial charge on any atom is 0.344 e. The van der Waals surface area contributed by atoms with Crippen molar-refractivity contribution in [2.45, 2.75) is 0 Å². The third kappa shape index (κ3) is 1.83. The van der Waals surface area contributed by atoms with Gasteiger partial charge >= 0.3 is 5.63 Å². The number of carbonyl (C=O) groups is 1. The molecule has 0 aliphatic carbocycles. The quantitative estimate of drug-likeness (QED) is 0.540. The first-order valence-electron chi connectivity index (χ1n) is 6.74.